The highest BCUT2D eigenvalue weighted by atomic mass is 32.2. The third kappa shape index (κ3) is 5.61. The van der Waals surface area contributed by atoms with Crippen LogP contribution in [0.1, 0.15) is 11.5 Å². The van der Waals surface area contributed by atoms with Crippen molar-refractivity contribution in [3.63, 3.8) is 0 Å². The van der Waals surface area contributed by atoms with Crippen LogP contribution >= 0.6 is 11.8 Å². The van der Waals surface area contributed by atoms with E-state index in [1.54, 1.807) is 18.2 Å². The Kier molecular flexibility index (Phi) is 6.78. The molecule has 0 spiro atoms. The molecule has 3 aromatic rings. The highest BCUT2D eigenvalue weighted by Crippen LogP contribution is 2.24. The Morgan fingerprint density at radius 2 is 1.93 bits per heavy atom. The number of aromatic nitrogens is 2. The van der Waals surface area contributed by atoms with Crippen molar-refractivity contribution in [3.8, 4) is 11.4 Å². The molecule has 0 unspecified atom stereocenters. The first-order chi connectivity index (χ1) is 14.3. The first kappa shape index (κ1) is 21.8. The van der Waals surface area contributed by atoms with Crippen LogP contribution in [-0.2, 0) is 21.4 Å². The molecule has 10 heteroatoms. The van der Waals surface area contributed by atoms with Crippen LogP contribution in [0.15, 0.2) is 57.9 Å². The minimum atomic E-state index is -3.64. The number of aryl methyl sites for hydroxylation is 1. The van der Waals surface area contributed by atoms with Gasteiger partial charge in [0.1, 0.15) is 6.54 Å². The maximum Gasteiger partial charge on any atom is 0.246 e. The zero-order valence-corrected chi connectivity index (χ0v) is 18.5. The summed E-state index contributed by atoms with van der Waals surface area (Å²) in [4.78, 5) is 17.6. The van der Waals surface area contributed by atoms with Gasteiger partial charge in [0.25, 0.3) is 0 Å². The van der Waals surface area contributed by atoms with E-state index in [9.17, 15) is 13.2 Å². The Bertz CT molecular complexity index is 1130. The molecule has 0 fully saturated rings. The lowest BCUT2D eigenvalue weighted by atomic mass is 10.1. The number of amides is 1. The van der Waals surface area contributed by atoms with E-state index < -0.39 is 15.9 Å². The Morgan fingerprint density at radius 1 is 1.20 bits per heavy atom. The number of rotatable bonds is 8. The standard InChI is InChI=1S/C20H22N4O4S2/c1-14-7-9-15(10-8-14)20-22-19(28-23-20)12-21-18(25)13-24(30(3,26)27)16-5-4-6-17(11-16)29-2/h4-11H,12-13H2,1-3H3,(H,21,25). The van der Waals surface area contributed by atoms with Crippen molar-refractivity contribution < 1.29 is 17.7 Å². The second-order valence-corrected chi connectivity index (χ2v) is 9.41. The molecule has 0 bridgehead atoms. The first-order valence-electron chi connectivity index (χ1n) is 9.04. The van der Waals surface area contributed by atoms with Crippen molar-refractivity contribution in [1.29, 1.82) is 0 Å². The van der Waals surface area contributed by atoms with E-state index in [4.69, 9.17) is 4.52 Å². The smallest absolute Gasteiger partial charge is 0.246 e. The summed E-state index contributed by atoms with van der Waals surface area (Å²) in [5, 5.41) is 6.54. The monoisotopic (exact) mass is 446 g/mol. The molecule has 1 aromatic heterocycles. The third-order valence-corrected chi connectivity index (χ3v) is 6.11. The van der Waals surface area contributed by atoms with Gasteiger partial charge in [-0.3, -0.25) is 9.10 Å². The molecule has 158 valence electrons. The third-order valence-electron chi connectivity index (χ3n) is 4.24. The predicted octanol–water partition coefficient (Wildman–Crippen LogP) is 2.85. The molecule has 0 aliphatic rings. The van der Waals surface area contributed by atoms with Gasteiger partial charge in [0.15, 0.2) is 0 Å². The summed E-state index contributed by atoms with van der Waals surface area (Å²) in [5.74, 6) is 0.171. The quantitative estimate of drug-likeness (QED) is 0.530. The number of hydrogen-bond donors (Lipinski definition) is 1. The molecule has 2 aromatic carbocycles. The Balaban J connectivity index is 1.65. The van der Waals surface area contributed by atoms with E-state index in [1.165, 1.54) is 11.8 Å². The zero-order valence-electron chi connectivity index (χ0n) is 16.8. The molecule has 3 rings (SSSR count). The second-order valence-electron chi connectivity index (χ2n) is 6.63. The molecule has 1 amide bonds. The van der Waals surface area contributed by atoms with E-state index in [0.717, 1.165) is 26.6 Å². The van der Waals surface area contributed by atoms with Crippen molar-refractivity contribution in [2.75, 3.05) is 23.4 Å². The molecule has 8 nitrogen and oxygen atoms in total. The normalized spacial score (nSPS) is 11.3. The Morgan fingerprint density at radius 3 is 2.60 bits per heavy atom. The van der Waals surface area contributed by atoms with Crippen LogP contribution in [-0.4, -0.2) is 43.5 Å². The Labute approximate surface area is 179 Å². The van der Waals surface area contributed by atoms with Gasteiger partial charge in [0, 0.05) is 10.5 Å². The fraction of sp³-hybridized carbons (Fsp3) is 0.250. The maximum atomic E-state index is 12.4. The van der Waals surface area contributed by atoms with Crippen molar-refractivity contribution in [1.82, 2.24) is 15.5 Å². The lowest BCUT2D eigenvalue weighted by Gasteiger charge is -2.22. The van der Waals surface area contributed by atoms with Crippen LogP contribution in [0.25, 0.3) is 11.4 Å². The number of nitrogens with zero attached hydrogens (tertiary/aromatic N) is 3. The molecule has 1 heterocycles. The summed E-state index contributed by atoms with van der Waals surface area (Å²) >= 11 is 1.49. The zero-order chi connectivity index (χ0) is 21.7. The van der Waals surface area contributed by atoms with Crippen LogP contribution in [0, 0.1) is 6.92 Å². The molecule has 0 radical (unpaired) electrons. The summed E-state index contributed by atoms with van der Waals surface area (Å²) in [6.07, 6.45) is 2.96. The molecule has 0 aliphatic carbocycles. The topological polar surface area (TPSA) is 105 Å². The van der Waals surface area contributed by atoms with E-state index in [0.29, 0.717) is 11.5 Å². The molecule has 0 atom stereocenters. The van der Waals surface area contributed by atoms with E-state index in [-0.39, 0.29) is 19.0 Å². The van der Waals surface area contributed by atoms with Crippen LogP contribution in [0.4, 0.5) is 5.69 Å². The maximum absolute atomic E-state index is 12.4. The van der Waals surface area contributed by atoms with Crippen molar-refractivity contribution in [2.24, 2.45) is 0 Å². The molecule has 0 aliphatic heterocycles. The number of sulfonamides is 1. The molecule has 0 saturated heterocycles. The minimum absolute atomic E-state index is 0.000147. The van der Waals surface area contributed by atoms with Gasteiger partial charge < -0.3 is 9.84 Å². The lowest BCUT2D eigenvalue weighted by Crippen LogP contribution is -2.40. The fourth-order valence-corrected chi connectivity index (χ4v) is 3.97. The molecule has 1 N–H and O–H groups in total. The summed E-state index contributed by atoms with van der Waals surface area (Å²) in [5.41, 5.74) is 2.35. The van der Waals surface area contributed by atoms with Crippen LogP contribution in [0.5, 0.6) is 0 Å². The molecule has 0 saturated carbocycles. The van der Waals surface area contributed by atoms with Gasteiger partial charge in [-0.25, -0.2) is 8.42 Å². The largest absolute Gasteiger partial charge is 0.345 e. The van der Waals surface area contributed by atoms with Crippen LogP contribution < -0.4 is 9.62 Å². The van der Waals surface area contributed by atoms with Crippen LogP contribution in [0.2, 0.25) is 0 Å². The molecule has 30 heavy (non-hydrogen) atoms. The average Bonchev–Trinajstić information content (AvgIpc) is 3.19. The Hall–Kier alpha value is -2.85. The minimum Gasteiger partial charge on any atom is -0.345 e. The number of thioether (sulfide) groups is 1. The van der Waals surface area contributed by atoms with Gasteiger partial charge in [-0.1, -0.05) is 41.1 Å². The number of hydrogen-bond acceptors (Lipinski definition) is 7. The lowest BCUT2D eigenvalue weighted by molar-refractivity contribution is -0.119. The summed E-state index contributed by atoms with van der Waals surface area (Å²) in [6, 6.07) is 14.7. The highest BCUT2D eigenvalue weighted by molar-refractivity contribution is 7.98. The van der Waals surface area contributed by atoms with Crippen molar-refractivity contribution in [3.05, 3.63) is 60.0 Å². The average molecular weight is 447 g/mol. The summed E-state index contributed by atoms with van der Waals surface area (Å²) < 4.78 is 30.7. The number of carbonyl (C=O) groups is 1. The second kappa shape index (κ2) is 9.31. The number of nitrogens with one attached hydrogen (secondary N) is 1. The van der Waals surface area contributed by atoms with Gasteiger partial charge in [0.05, 0.1) is 18.5 Å². The molecular weight excluding hydrogens is 424 g/mol. The predicted molar refractivity (Wildman–Crippen MR) is 117 cm³/mol. The van der Waals surface area contributed by atoms with Crippen LogP contribution in [0.3, 0.4) is 0 Å². The van der Waals surface area contributed by atoms with Crippen molar-refractivity contribution in [2.45, 2.75) is 18.4 Å². The van der Waals surface area contributed by atoms with E-state index in [1.807, 2.05) is 43.5 Å². The molecular formula is C20H22N4O4S2. The first-order valence-corrected chi connectivity index (χ1v) is 12.1. The number of carbonyl (C=O) groups excluding carboxylic acids is 1. The van der Waals surface area contributed by atoms with E-state index >= 15 is 0 Å². The summed E-state index contributed by atoms with van der Waals surface area (Å²) in [7, 11) is -3.64. The van der Waals surface area contributed by atoms with Crippen molar-refractivity contribution >= 4 is 33.4 Å². The van der Waals surface area contributed by atoms with Gasteiger partial charge in [0.2, 0.25) is 27.6 Å². The van der Waals surface area contributed by atoms with Gasteiger partial charge >= 0.3 is 0 Å². The number of benzene rings is 2. The van der Waals surface area contributed by atoms with E-state index in [2.05, 4.69) is 15.5 Å². The highest BCUT2D eigenvalue weighted by Gasteiger charge is 2.21. The van der Waals surface area contributed by atoms with Gasteiger partial charge in [-0.05, 0) is 31.4 Å². The van der Waals surface area contributed by atoms with Gasteiger partial charge in [-0.15, -0.1) is 11.8 Å². The summed E-state index contributed by atoms with van der Waals surface area (Å²) in [6.45, 7) is 1.63. The van der Waals surface area contributed by atoms with Gasteiger partial charge in [-0.2, -0.15) is 4.98 Å². The number of anilines is 1. The SMILES string of the molecule is CSc1cccc(N(CC(=O)NCc2nc(-c3ccc(C)cc3)no2)S(C)(=O)=O)c1. The fourth-order valence-electron chi connectivity index (χ4n) is 2.67.